The Balaban J connectivity index is 1.82. The number of aromatic amines is 1. The highest BCUT2D eigenvalue weighted by Gasteiger charge is 2.21. The molecule has 0 aliphatic rings. The molecule has 0 spiro atoms. The van der Waals surface area contributed by atoms with Crippen LogP contribution in [0.1, 0.15) is 11.3 Å². The second-order valence-electron chi connectivity index (χ2n) is 7.74. The molecule has 0 atom stereocenters. The number of nitrogens with two attached hydrogens (primary N) is 1. The topological polar surface area (TPSA) is 93.9 Å². The molecule has 3 N–H and O–H groups in total. The fourth-order valence-electron chi connectivity index (χ4n) is 4.37. The number of hydrogen-bond donors (Lipinski definition) is 2. The van der Waals surface area contributed by atoms with Crippen molar-refractivity contribution in [3.05, 3.63) is 87.8 Å². The van der Waals surface area contributed by atoms with Gasteiger partial charge in [-0.2, -0.15) is 10.2 Å². The van der Waals surface area contributed by atoms with Crippen LogP contribution in [0.5, 0.6) is 0 Å². The van der Waals surface area contributed by atoms with Gasteiger partial charge in [0, 0.05) is 30.1 Å². The molecule has 0 amide bonds. The van der Waals surface area contributed by atoms with Crippen molar-refractivity contribution >= 4 is 27.2 Å². The minimum Gasteiger partial charge on any atom is -0.325 e. The zero-order valence-electron chi connectivity index (χ0n) is 17.7. The van der Waals surface area contributed by atoms with E-state index in [0.717, 1.165) is 38.7 Å². The van der Waals surface area contributed by atoms with Gasteiger partial charge < -0.3 is 5.73 Å². The maximum absolute atomic E-state index is 12.2. The lowest BCUT2D eigenvalue weighted by Gasteiger charge is -2.15. The molecule has 5 aromatic rings. The van der Waals surface area contributed by atoms with Crippen LogP contribution in [0.4, 0.5) is 5.69 Å². The average molecular weight is 420 g/mol. The number of benzene rings is 3. The Hall–Kier alpha value is -4.28. The standard InChI is InChI=1S/C25H20N6O/c1-14-10-15-6-4-5-7-17(15)23(27-2)22(14)24-20(13-28-31(24)3)16-8-9-18-19(11-16)21(12-26)29-30-25(18)32/h4-11,13H,12,26H2,1,3H3,(H,30,32). The summed E-state index contributed by atoms with van der Waals surface area (Å²) in [5.74, 6) is 0. The van der Waals surface area contributed by atoms with Gasteiger partial charge in [-0.05, 0) is 35.4 Å². The maximum atomic E-state index is 12.2. The third-order valence-electron chi connectivity index (χ3n) is 5.88. The number of rotatable bonds is 3. The summed E-state index contributed by atoms with van der Waals surface area (Å²) in [7, 11) is 1.87. The predicted molar refractivity (Wildman–Crippen MR) is 126 cm³/mol. The van der Waals surface area contributed by atoms with Gasteiger partial charge in [-0.25, -0.2) is 9.94 Å². The van der Waals surface area contributed by atoms with Crippen molar-refractivity contribution in [1.29, 1.82) is 0 Å². The lowest BCUT2D eigenvalue weighted by atomic mass is 9.92. The number of nitrogens with one attached hydrogen (secondary N) is 1. The highest BCUT2D eigenvalue weighted by molar-refractivity contribution is 6.05. The lowest BCUT2D eigenvalue weighted by molar-refractivity contribution is 0.776. The largest absolute Gasteiger partial charge is 0.325 e. The van der Waals surface area contributed by atoms with E-state index in [1.54, 1.807) is 16.9 Å². The highest BCUT2D eigenvalue weighted by Crippen LogP contribution is 2.43. The number of H-pyrrole nitrogens is 1. The van der Waals surface area contributed by atoms with Crippen LogP contribution in [0.3, 0.4) is 0 Å². The molecule has 0 saturated carbocycles. The third kappa shape index (κ3) is 2.89. The van der Waals surface area contributed by atoms with Crippen LogP contribution in [-0.2, 0) is 13.6 Å². The van der Waals surface area contributed by atoms with Gasteiger partial charge in [0.1, 0.15) is 0 Å². The van der Waals surface area contributed by atoms with Crippen LogP contribution in [0, 0.1) is 13.5 Å². The van der Waals surface area contributed by atoms with Gasteiger partial charge in [-0.15, -0.1) is 0 Å². The molecule has 0 bridgehead atoms. The van der Waals surface area contributed by atoms with Crippen LogP contribution >= 0.6 is 0 Å². The molecule has 0 saturated heterocycles. The summed E-state index contributed by atoms with van der Waals surface area (Å²) in [5.41, 5.74) is 11.3. The Labute approximate surface area is 183 Å². The van der Waals surface area contributed by atoms with Gasteiger partial charge in [0.25, 0.3) is 5.56 Å². The zero-order chi connectivity index (χ0) is 22.4. The van der Waals surface area contributed by atoms with Crippen LogP contribution in [0.25, 0.3) is 48.8 Å². The number of fused-ring (bicyclic) bond motifs is 2. The van der Waals surface area contributed by atoms with E-state index in [4.69, 9.17) is 12.3 Å². The summed E-state index contributed by atoms with van der Waals surface area (Å²) >= 11 is 0. The lowest BCUT2D eigenvalue weighted by Crippen LogP contribution is -2.13. The quantitative estimate of drug-likeness (QED) is 0.421. The number of hydrogen-bond acceptors (Lipinski definition) is 4. The SMILES string of the molecule is [C-]#[N+]c1c(-c2c(-c3ccc4c(=O)[nH]nc(CN)c4c3)cnn2C)c(C)cc2ccccc12. The minimum atomic E-state index is -0.254. The normalized spacial score (nSPS) is 11.2. The summed E-state index contributed by atoms with van der Waals surface area (Å²) < 4.78 is 1.80. The molecule has 0 aliphatic heterocycles. The average Bonchev–Trinajstić information content (AvgIpc) is 3.19. The molecule has 7 heteroatoms. The third-order valence-corrected chi connectivity index (χ3v) is 5.88. The van der Waals surface area contributed by atoms with Crippen LogP contribution in [0.2, 0.25) is 0 Å². The van der Waals surface area contributed by atoms with Gasteiger partial charge in [-0.3, -0.25) is 9.48 Å². The molecule has 7 nitrogen and oxygen atoms in total. The molecule has 2 aromatic heterocycles. The maximum Gasteiger partial charge on any atom is 0.272 e. The van der Waals surface area contributed by atoms with E-state index in [9.17, 15) is 4.79 Å². The Morgan fingerprint density at radius 3 is 2.72 bits per heavy atom. The van der Waals surface area contributed by atoms with E-state index in [1.165, 1.54) is 0 Å². The van der Waals surface area contributed by atoms with E-state index < -0.39 is 0 Å². The van der Waals surface area contributed by atoms with Crippen molar-refractivity contribution in [3.8, 4) is 22.4 Å². The second-order valence-corrected chi connectivity index (χ2v) is 7.74. The predicted octanol–water partition coefficient (Wildman–Crippen LogP) is 4.46. The molecule has 32 heavy (non-hydrogen) atoms. The van der Waals surface area contributed by atoms with E-state index in [2.05, 4.69) is 26.2 Å². The molecule has 0 aliphatic carbocycles. The molecule has 0 unspecified atom stereocenters. The Bertz CT molecular complexity index is 1620. The van der Waals surface area contributed by atoms with Crippen LogP contribution in [0.15, 0.2) is 59.5 Å². The Morgan fingerprint density at radius 2 is 1.94 bits per heavy atom. The van der Waals surface area contributed by atoms with Gasteiger partial charge >= 0.3 is 0 Å². The highest BCUT2D eigenvalue weighted by atomic mass is 16.1. The van der Waals surface area contributed by atoms with Crippen LogP contribution in [-0.4, -0.2) is 20.0 Å². The van der Waals surface area contributed by atoms with E-state index in [-0.39, 0.29) is 12.1 Å². The zero-order valence-corrected chi connectivity index (χ0v) is 17.7. The van der Waals surface area contributed by atoms with Crippen molar-refractivity contribution in [2.24, 2.45) is 12.8 Å². The summed E-state index contributed by atoms with van der Waals surface area (Å²) in [6.07, 6.45) is 1.79. The Morgan fingerprint density at radius 1 is 1.12 bits per heavy atom. The summed E-state index contributed by atoms with van der Waals surface area (Å²) in [5, 5.41) is 14.3. The smallest absolute Gasteiger partial charge is 0.272 e. The van der Waals surface area contributed by atoms with Gasteiger partial charge in [-0.1, -0.05) is 42.0 Å². The first-order chi connectivity index (χ1) is 15.5. The second kappa shape index (κ2) is 7.45. The van der Waals surface area contributed by atoms with Gasteiger partial charge in [0.05, 0.1) is 29.5 Å². The molecule has 3 aromatic carbocycles. The molecule has 5 rings (SSSR count). The van der Waals surface area contributed by atoms with Crippen molar-refractivity contribution < 1.29 is 0 Å². The fourth-order valence-corrected chi connectivity index (χ4v) is 4.37. The summed E-state index contributed by atoms with van der Waals surface area (Å²) in [6.45, 7) is 10.2. The van der Waals surface area contributed by atoms with Crippen molar-refractivity contribution in [2.75, 3.05) is 0 Å². The van der Waals surface area contributed by atoms with E-state index in [0.29, 0.717) is 22.2 Å². The number of aryl methyl sites for hydroxylation is 2. The first kappa shape index (κ1) is 19.7. The summed E-state index contributed by atoms with van der Waals surface area (Å²) in [4.78, 5) is 16.1. The van der Waals surface area contributed by atoms with Crippen LogP contribution < -0.4 is 11.3 Å². The monoisotopic (exact) mass is 420 g/mol. The van der Waals surface area contributed by atoms with Crippen molar-refractivity contribution in [2.45, 2.75) is 13.5 Å². The van der Waals surface area contributed by atoms with Crippen molar-refractivity contribution in [1.82, 2.24) is 20.0 Å². The molecule has 0 fully saturated rings. The minimum absolute atomic E-state index is 0.211. The van der Waals surface area contributed by atoms with Gasteiger partial charge in [0.2, 0.25) is 5.69 Å². The first-order valence-electron chi connectivity index (χ1n) is 10.2. The first-order valence-corrected chi connectivity index (χ1v) is 10.2. The Kier molecular flexibility index (Phi) is 4.58. The molecular weight excluding hydrogens is 400 g/mol. The summed E-state index contributed by atoms with van der Waals surface area (Å²) in [6, 6.07) is 15.6. The molecule has 0 radical (unpaired) electrons. The number of aromatic nitrogens is 4. The van der Waals surface area contributed by atoms with E-state index in [1.807, 2.05) is 50.4 Å². The number of nitrogens with zero attached hydrogens (tertiary/aromatic N) is 4. The van der Waals surface area contributed by atoms with Gasteiger partial charge in [0.15, 0.2) is 0 Å². The van der Waals surface area contributed by atoms with Crippen molar-refractivity contribution in [3.63, 3.8) is 0 Å². The molecular formula is C25H20N6O. The van der Waals surface area contributed by atoms with E-state index >= 15 is 0 Å². The molecule has 2 heterocycles. The molecule has 156 valence electrons. The fraction of sp³-hybridized carbons (Fsp3) is 0.120.